The van der Waals surface area contributed by atoms with E-state index >= 15 is 0 Å². The molecular weight excluding hydrogens is 436 g/mol. The van der Waals surface area contributed by atoms with E-state index in [1.54, 1.807) is 23.5 Å². The predicted octanol–water partition coefficient (Wildman–Crippen LogP) is 2.61. The van der Waals surface area contributed by atoms with Crippen LogP contribution in [0.1, 0.15) is 35.4 Å². The quantitative estimate of drug-likeness (QED) is 0.683. The highest BCUT2D eigenvalue weighted by Crippen LogP contribution is 2.42. The predicted molar refractivity (Wildman–Crippen MR) is 128 cm³/mol. The molecule has 0 spiro atoms. The van der Waals surface area contributed by atoms with Crippen molar-refractivity contribution < 1.29 is 18.3 Å². The molecule has 0 unspecified atom stereocenters. The van der Waals surface area contributed by atoms with Crippen LogP contribution in [0.4, 0.5) is 0 Å². The number of methoxy groups -OCH3 is 1. The summed E-state index contributed by atoms with van der Waals surface area (Å²) in [6, 6.07) is 15.3. The monoisotopic (exact) mass is 468 g/mol. The molecule has 2 aliphatic rings. The topological polar surface area (TPSA) is 70.1 Å². The van der Waals surface area contributed by atoms with Gasteiger partial charge in [0.2, 0.25) is 10.0 Å². The van der Waals surface area contributed by atoms with E-state index in [9.17, 15) is 13.5 Å². The molecule has 176 valence electrons. The third-order valence-corrected chi connectivity index (χ3v) is 8.81. The number of hydrogen-bond acceptors (Lipinski definition) is 5. The molecule has 7 heteroatoms. The van der Waals surface area contributed by atoms with Crippen molar-refractivity contribution in [3.63, 3.8) is 0 Å². The summed E-state index contributed by atoms with van der Waals surface area (Å²) in [6.07, 6.45) is 1.72. The van der Waals surface area contributed by atoms with Crippen molar-refractivity contribution in [2.75, 3.05) is 40.0 Å². The van der Waals surface area contributed by atoms with E-state index in [2.05, 4.69) is 28.9 Å². The van der Waals surface area contributed by atoms with E-state index in [-0.39, 0.29) is 24.6 Å². The molecule has 0 aromatic heterocycles. The molecule has 1 N–H and O–H groups in total. The lowest BCUT2D eigenvalue weighted by molar-refractivity contribution is -0.0553. The van der Waals surface area contributed by atoms with E-state index in [1.165, 1.54) is 0 Å². The zero-order chi connectivity index (χ0) is 23.4. The minimum absolute atomic E-state index is 0.00143. The first-order valence-electron chi connectivity index (χ1n) is 11.5. The number of aryl methyl sites for hydroxylation is 1. The van der Waals surface area contributed by atoms with Crippen molar-refractivity contribution in [1.82, 2.24) is 9.21 Å². The number of benzene rings is 2. The summed E-state index contributed by atoms with van der Waals surface area (Å²) in [7, 11) is -1.97. The molecule has 6 nitrogen and oxygen atoms in total. The van der Waals surface area contributed by atoms with Crippen LogP contribution in [0.2, 0.25) is 0 Å². The van der Waals surface area contributed by atoms with Gasteiger partial charge in [-0.1, -0.05) is 42.2 Å². The maximum absolute atomic E-state index is 13.5. The van der Waals surface area contributed by atoms with E-state index in [0.29, 0.717) is 24.6 Å². The van der Waals surface area contributed by atoms with Crippen molar-refractivity contribution in [2.45, 2.75) is 42.7 Å². The van der Waals surface area contributed by atoms with Crippen LogP contribution in [0.25, 0.3) is 0 Å². The Morgan fingerprint density at radius 2 is 1.82 bits per heavy atom. The van der Waals surface area contributed by atoms with Gasteiger partial charge in [-0.25, -0.2) is 8.42 Å². The van der Waals surface area contributed by atoms with Crippen molar-refractivity contribution in [3.8, 4) is 11.8 Å². The summed E-state index contributed by atoms with van der Waals surface area (Å²) >= 11 is 0. The van der Waals surface area contributed by atoms with Crippen LogP contribution in [0, 0.1) is 18.8 Å². The largest absolute Gasteiger partial charge is 0.395 e. The molecule has 2 aliphatic heterocycles. The molecule has 3 atom stereocenters. The van der Waals surface area contributed by atoms with Crippen LogP contribution in [0.5, 0.6) is 0 Å². The van der Waals surface area contributed by atoms with Gasteiger partial charge >= 0.3 is 0 Å². The Morgan fingerprint density at radius 3 is 2.52 bits per heavy atom. The van der Waals surface area contributed by atoms with Crippen LogP contribution >= 0.6 is 0 Å². The molecule has 0 saturated carbocycles. The van der Waals surface area contributed by atoms with E-state index in [4.69, 9.17) is 4.74 Å². The lowest BCUT2D eigenvalue weighted by Gasteiger charge is -2.57. The van der Waals surface area contributed by atoms with Crippen molar-refractivity contribution in [3.05, 3.63) is 65.2 Å². The fraction of sp³-hybridized carbons (Fsp3) is 0.462. The number of aliphatic hydroxyl groups excluding tert-OH is 1. The first kappa shape index (κ1) is 23.9. The van der Waals surface area contributed by atoms with Crippen LogP contribution in [-0.2, 0) is 14.8 Å². The van der Waals surface area contributed by atoms with Crippen molar-refractivity contribution >= 4 is 10.0 Å². The number of fused-ring (bicyclic) bond motifs is 1. The summed E-state index contributed by atoms with van der Waals surface area (Å²) in [4.78, 5) is 2.67. The maximum atomic E-state index is 13.5. The fourth-order valence-electron chi connectivity index (χ4n) is 5.11. The molecule has 2 aromatic rings. The standard InChI is InChI=1S/C26H32N2O4S/c1-20-8-3-4-10-25(20)33(30,31)27-15-5-6-16-28-23(18-27)26(24(28)19-29)22-13-11-21(12-14-22)9-7-17-32-2/h3-4,8,10-14,23-24,26,29H,5-6,15-19H2,1-2H3/t23-,24+,26-/m0/s1. The van der Waals surface area contributed by atoms with Crippen LogP contribution < -0.4 is 0 Å². The average Bonchev–Trinajstić information content (AvgIpc) is 2.79. The second-order valence-electron chi connectivity index (χ2n) is 8.77. The van der Waals surface area contributed by atoms with Gasteiger partial charge in [0.25, 0.3) is 0 Å². The van der Waals surface area contributed by atoms with E-state index in [1.807, 2.05) is 31.2 Å². The Hall–Kier alpha value is -2.21. The average molecular weight is 469 g/mol. The number of sulfonamides is 1. The third kappa shape index (κ3) is 4.86. The lowest BCUT2D eigenvalue weighted by Crippen LogP contribution is -2.67. The molecule has 0 bridgehead atoms. The van der Waals surface area contributed by atoms with Gasteiger partial charge in [0.05, 0.1) is 11.5 Å². The molecule has 2 fully saturated rings. The second kappa shape index (κ2) is 10.4. The summed E-state index contributed by atoms with van der Waals surface area (Å²) in [5.41, 5.74) is 2.79. The third-order valence-electron chi connectivity index (χ3n) is 6.79. The smallest absolute Gasteiger partial charge is 0.243 e. The van der Waals surface area contributed by atoms with Crippen molar-refractivity contribution in [1.29, 1.82) is 0 Å². The van der Waals surface area contributed by atoms with Gasteiger partial charge in [-0.05, 0) is 55.6 Å². The SMILES string of the molecule is COCC#Cc1ccc([C@@H]2[C@@H](CO)N3CCCCN(S(=O)(=O)c4ccccc4C)C[C@@H]23)cc1. The Labute approximate surface area is 197 Å². The van der Waals surface area contributed by atoms with Gasteiger partial charge in [0.15, 0.2) is 0 Å². The van der Waals surface area contributed by atoms with Gasteiger partial charge in [-0.15, -0.1) is 0 Å². The van der Waals surface area contributed by atoms with Gasteiger partial charge < -0.3 is 9.84 Å². The normalized spacial score (nSPS) is 24.0. The highest BCUT2D eigenvalue weighted by molar-refractivity contribution is 7.89. The molecule has 33 heavy (non-hydrogen) atoms. The Kier molecular flexibility index (Phi) is 7.52. The van der Waals surface area contributed by atoms with E-state index in [0.717, 1.165) is 36.1 Å². The Balaban J connectivity index is 1.60. The molecule has 0 aliphatic carbocycles. The lowest BCUT2D eigenvalue weighted by atomic mass is 9.74. The number of hydrogen-bond donors (Lipinski definition) is 1. The van der Waals surface area contributed by atoms with Gasteiger partial charge in [-0.2, -0.15) is 4.31 Å². The number of nitrogens with zero attached hydrogens (tertiary/aromatic N) is 2. The summed E-state index contributed by atoms with van der Waals surface area (Å²) in [5.74, 6) is 6.11. The molecule has 0 amide bonds. The second-order valence-corrected chi connectivity index (χ2v) is 10.7. The molecule has 0 radical (unpaired) electrons. The van der Waals surface area contributed by atoms with Crippen LogP contribution in [0.3, 0.4) is 0 Å². The van der Waals surface area contributed by atoms with Crippen LogP contribution in [0.15, 0.2) is 53.4 Å². The molecular formula is C26H32N2O4S. The Bertz CT molecular complexity index is 1120. The zero-order valence-corrected chi connectivity index (χ0v) is 20.1. The maximum Gasteiger partial charge on any atom is 0.243 e. The summed E-state index contributed by atoms with van der Waals surface area (Å²) < 4.78 is 33.7. The molecule has 2 saturated heterocycles. The van der Waals surface area contributed by atoms with Crippen molar-refractivity contribution in [2.24, 2.45) is 0 Å². The highest BCUT2D eigenvalue weighted by Gasteiger charge is 2.50. The summed E-state index contributed by atoms with van der Waals surface area (Å²) in [5, 5.41) is 10.1. The Morgan fingerprint density at radius 1 is 1.09 bits per heavy atom. The molecule has 4 rings (SSSR count). The van der Waals surface area contributed by atoms with Gasteiger partial charge in [0.1, 0.15) is 6.61 Å². The first-order valence-corrected chi connectivity index (χ1v) is 12.9. The molecule has 2 heterocycles. The number of rotatable bonds is 5. The molecule has 2 aromatic carbocycles. The first-order chi connectivity index (χ1) is 16.0. The highest BCUT2D eigenvalue weighted by atomic mass is 32.2. The van der Waals surface area contributed by atoms with Crippen LogP contribution in [-0.4, -0.2) is 74.8 Å². The van der Waals surface area contributed by atoms with Gasteiger partial charge in [-0.3, -0.25) is 4.90 Å². The van der Waals surface area contributed by atoms with Gasteiger partial charge in [0, 0.05) is 43.8 Å². The minimum atomic E-state index is -3.59. The number of aliphatic hydroxyl groups is 1. The minimum Gasteiger partial charge on any atom is -0.395 e. The fourth-order valence-corrected chi connectivity index (χ4v) is 6.83. The zero-order valence-electron chi connectivity index (χ0n) is 19.3. The van der Waals surface area contributed by atoms with E-state index < -0.39 is 10.0 Å². The number of ether oxygens (including phenoxy) is 1. The summed E-state index contributed by atoms with van der Waals surface area (Å²) in [6.45, 7) is 4.11.